The molecule has 4 nitrogen and oxygen atoms in total. The largest absolute Gasteiger partial charge is 0.309 e. The van der Waals surface area contributed by atoms with Gasteiger partial charge in [0, 0.05) is 53.3 Å². The van der Waals surface area contributed by atoms with E-state index in [1.807, 2.05) is 36.4 Å². The van der Waals surface area contributed by atoms with Crippen LogP contribution in [0, 0.1) is 0 Å². The minimum Gasteiger partial charge on any atom is -0.309 e. The summed E-state index contributed by atoms with van der Waals surface area (Å²) < 4.78 is 4.80. The molecule has 0 aliphatic rings. The minimum atomic E-state index is 0.659. The normalized spacial score (nSPS) is 11.6. The molecule has 8 aromatic carbocycles. The Labute approximate surface area is 327 Å². The molecule has 3 heterocycles. The Morgan fingerprint density at radius 1 is 0.339 bits per heavy atom. The van der Waals surface area contributed by atoms with Crippen LogP contribution in [0.15, 0.2) is 194 Å². The first-order valence-electron chi connectivity index (χ1n) is 18.8. The van der Waals surface area contributed by atoms with Gasteiger partial charge in [0.15, 0.2) is 17.5 Å². The van der Waals surface area contributed by atoms with Gasteiger partial charge in [-0.1, -0.05) is 158 Å². The fourth-order valence-electron chi connectivity index (χ4n) is 7.95. The van der Waals surface area contributed by atoms with Gasteiger partial charge < -0.3 is 4.57 Å². The molecule has 0 saturated carbocycles. The molecule has 262 valence electrons. The Morgan fingerprint density at radius 2 is 0.893 bits per heavy atom. The lowest BCUT2D eigenvalue weighted by atomic mass is 10.0. The van der Waals surface area contributed by atoms with Crippen LogP contribution in [0.3, 0.4) is 0 Å². The number of rotatable bonds is 6. The van der Waals surface area contributed by atoms with Crippen LogP contribution in [0.1, 0.15) is 0 Å². The fraction of sp³-hybridized carbons (Fsp3) is 0. The lowest BCUT2D eigenvalue weighted by Crippen LogP contribution is -2.00. The summed E-state index contributed by atoms with van der Waals surface area (Å²) in [5.74, 6) is 1.98. The highest BCUT2D eigenvalue weighted by Crippen LogP contribution is 2.42. The zero-order valence-electron chi connectivity index (χ0n) is 30.2. The van der Waals surface area contributed by atoms with E-state index in [2.05, 4.69) is 162 Å². The Kier molecular flexibility index (Phi) is 7.64. The molecule has 0 saturated heterocycles. The van der Waals surface area contributed by atoms with Crippen molar-refractivity contribution in [2.24, 2.45) is 0 Å². The van der Waals surface area contributed by atoms with Crippen molar-refractivity contribution in [1.82, 2.24) is 19.5 Å². The zero-order chi connectivity index (χ0) is 37.0. The first-order valence-corrected chi connectivity index (χ1v) is 19.6. The predicted octanol–water partition coefficient (Wildman–Crippen LogP) is 13.7. The zero-order valence-corrected chi connectivity index (χ0v) is 31.0. The average Bonchev–Trinajstić information content (AvgIpc) is 3.82. The lowest BCUT2D eigenvalue weighted by Gasteiger charge is -2.10. The van der Waals surface area contributed by atoms with Gasteiger partial charge in [0.25, 0.3) is 0 Å². The number of benzene rings is 8. The maximum Gasteiger partial charge on any atom is 0.165 e. The maximum absolute atomic E-state index is 5.09. The van der Waals surface area contributed by atoms with Crippen LogP contribution in [0.5, 0.6) is 0 Å². The highest BCUT2D eigenvalue weighted by molar-refractivity contribution is 7.26. The first kappa shape index (κ1) is 32.2. The number of hydrogen-bond acceptors (Lipinski definition) is 4. The highest BCUT2D eigenvalue weighted by Gasteiger charge is 2.19. The molecule has 0 radical (unpaired) electrons. The summed E-state index contributed by atoms with van der Waals surface area (Å²) in [5, 5.41) is 4.87. The topological polar surface area (TPSA) is 43.6 Å². The van der Waals surface area contributed by atoms with Crippen molar-refractivity contribution in [2.75, 3.05) is 0 Å². The van der Waals surface area contributed by atoms with Gasteiger partial charge in [-0.2, -0.15) is 0 Å². The molecule has 0 fully saturated rings. The van der Waals surface area contributed by atoms with Crippen LogP contribution in [0.2, 0.25) is 0 Å². The maximum atomic E-state index is 5.09. The van der Waals surface area contributed by atoms with Crippen LogP contribution in [0.4, 0.5) is 0 Å². The molecule has 0 N–H and O–H groups in total. The Balaban J connectivity index is 1.11. The van der Waals surface area contributed by atoms with E-state index in [0.717, 1.165) is 27.1 Å². The van der Waals surface area contributed by atoms with E-state index in [1.165, 1.54) is 59.5 Å². The molecule has 3 aromatic heterocycles. The van der Waals surface area contributed by atoms with Crippen LogP contribution in [-0.2, 0) is 0 Å². The molecule has 0 spiro atoms. The van der Waals surface area contributed by atoms with E-state index in [9.17, 15) is 0 Å². The summed E-state index contributed by atoms with van der Waals surface area (Å²) in [7, 11) is 0. The molecular formula is C51H32N4S. The smallest absolute Gasteiger partial charge is 0.165 e. The third-order valence-electron chi connectivity index (χ3n) is 10.7. The molecule has 0 aliphatic carbocycles. The van der Waals surface area contributed by atoms with Crippen molar-refractivity contribution >= 4 is 53.3 Å². The van der Waals surface area contributed by atoms with Crippen LogP contribution in [-0.4, -0.2) is 19.5 Å². The molecule has 11 rings (SSSR count). The first-order chi connectivity index (χ1) is 27.7. The molecule has 5 heteroatoms. The fourth-order valence-corrected chi connectivity index (χ4v) is 9.20. The summed E-state index contributed by atoms with van der Waals surface area (Å²) in [6, 6.07) is 68.7. The van der Waals surface area contributed by atoms with Crippen molar-refractivity contribution in [2.45, 2.75) is 0 Å². The number of fused-ring (bicyclic) bond motifs is 6. The summed E-state index contributed by atoms with van der Waals surface area (Å²) in [5.41, 5.74) is 11.2. The van der Waals surface area contributed by atoms with Gasteiger partial charge in [0.05, 0.1) is 11.0 Å². The Hall–Kier alpha value is -7.21. The molecule has 0 unspecified atom stereocenters. The van der Waals surface area contributed by atoms with Gasteiger partial charge in [0.2, 0.25) is 0 Å². The molecule has 0 aliphatic heterocycles. The monoisotopic (exact) mass is 732 g/mol. The SMILES string of the molecule is c1ccc(-c2ccc3c(c2)c2ccc(-c4ccccc4)cc2n3-c2ccc3c(c2)sc2c(-c4nc(-c5ccccc5)nc(-c5ccccc5)n4)cccc23)cc1. The summed E-state index contributed by atoms with van der Waals surface area (Å²) in [6.07, 6.45) is 0. The van der Waals surface area contributed by atoms with Gasteiger partial charge in [-0.05, 0) is 58.7 Å². The van der Waals surface area contributed by atoms with Gasteiger partial charge >= 0.3 is 0 Å². The van der Waals surface area contributed by atoms with Crippen molar-refractivity contribution in [3.05, 3.63) is 194 Å². The van der Waals surface area contributed by atoms with E-state index < -0.39 is 0 Å². The Bertz CT molecular complexity index is 3170. The number of thiophene rings is 1. The second-order valence-corrected chi connectivity index (χ2v) is 15.1. The van der Waals surface area contributed by atoms with Crippen molar-refractivity contribution < 1.29 is 0 Å². The van der Waals surface area contributed by atoms with E-state index in [1.54, 1.807) is 11.3 Å². The second kappa shape index (κ2) is 13.3. The quantitative estimate of drug-likeness (QED) is 0.171. The van der Waals surface area contributed by atoms with Gasteiger partial charge in [-0.25, -0.2) is 15.0 Å². The van der Waals surface area contributed by atoms with E-state index in [-0.39, 0.29) is 0 Å². The van der Waals surface area contributed by atoms with E-state index in [0.29, 0.717) is 17.5 Å². The third-order valence-corrected chi connectivity index (χ3v) is 11.9. The van der Waals surface area contributed by atoms with Crippen molar-refractivity contribution in [3.63, 3.8) is 0 Å². The summed E-state index contributed by atoms with van der Waals surface area (Å²) in [4.78, 5) is 15.1. The van der Waals surface area contributed by atoms with E-state index in [4.69, 9.17) is 15.0 Å². The molecule has 11 aromatic rings. The van der Waals surface area contributed by atoms with Crippen molar-refractivity contribution in [1.29, 1.82) is 0 Å². The molecule has 56 heavy (non-hydrogen) atoms. The molecule has 0 atom stereocenters. The van der Waals surface area contributed by atoms with Crippen LogP contribution >= 0.6 is 11.3 Å². The number of hydrogen-bond donors (Lipinski definition) is 0. The van der Waals surface area contributed by atoms with Gasteiger partial charge in [-0.3, -0.25) is 0 Å². The van der Waals surface area contributed by atoms with Crippen LogP contribution in [0.25, 0.3) is 104 Å². The highest BCUT2D eigenvalue weighted by atomic mass is 32.1. The second-order valence-electron chi connectivity index (χ2n) is 14.0. The van der Waals surface area contributed by atoms with E-state index >= 15 is 0 Å². The summed E-state index contributed by atoms with van der Waals surface area (Å²) >= 11 is 1.79. The predicted molar refractivity (Wildman–Crippen MR) is 234 cm³/mol. The average molecular weight is 733 g/mol. The van der Waals surface area contributed by atoms with Crippen molar-refractivity contribution in [3.8, 4) is 62.1 Å². The van der Waals surface area contributed by atoms with Gasteiger partial charge in [0.1, 0.15) is 0 Å². The van der Waals surface area contributed by atoms with Crippen LogP contribution < -0.4 is 0 Å². The third kappa shape index (κ3) is 5.48. The van der Waals surface area contributed by atoms with Gasteiger partial charge in [-0.15, -0.1) is 11.3 Å². The lowest BCUT2D eigenvalue weighted by molar-refractivity contribution is 1.08. The molecule has 0 bridgehead atoms. The Morgan fingerprint density at radius 3 is 1.54 bits per heavy atom. The minimum absolute atomic E-state index is 0.659. The molecule has 0 amide bonds. The summed E-state index contributed by atoms with van der Waals surface area (Å²) in [6.45, 7) is 0. The number of nitrogens with zero attached hydrogens (tertiary/aromatic N) is 4. The number of aromatic nitrogens is 4. The standard InChI is InChI=1S/C51H32N4S/c1-5-14-33(15-6-1)37-25-29-45-44(30-37)40-27-24-38(34-16-7-2-8-17-34)31-46(40)55(45)39-26-28-41-42-22-13-23-43(48(42)56-47(41)32-39)51-53-49(35-18-9-3-10-19-35)52-50(54-51)36-20-11-4-12-21-36/h1-32H. The molecular weight excluding hydrogens is 701 g/mol.